The van der Waals surface area contributed by atoms with Crippen LogP contribution >= 0.6 is 10.3 Å². The number of unbranched alkanes of at least 4 members (excludes halogenated alkanes) is 1. The van der Waals surface area contributed by atoms with Crippen molar-refractivity contribution in [2.75, 3.05) is 30.3 Å². The van der Waals surface area contributed by atoms with E-state index >= 15 is 0 Å². The fraction of sp³-hybridized carbons (Fsp3) is 1.00. The molecule has 0 saturated carbocycles. The van der Waals surface area contributed by atoms with E-state index in [1.807, 2.05) is 0 Å². The van der Waals surface area contributed by atoms with E-state index in [-0.39, 0.29) is 5.75 Å². The summed E-state index contributed by atoms with van der Waals surface area (Å²) in [7, 11) is -9.13. The Kier molecular flexibility index (Phi) is 5.73. The van der Waals surface area contributed by atoms with Gasteiger partial charge in [-0.15, -0.1) is 10.3 Å². The van der Waals surface area contributed by atoms with Crippen LogP contribution in [-0.4, -0.2) is 51.7 Å². The van der Waals surface area contributed by atoms with Crippen LogP contribution in [0.25, 0.3) is 0 Å². The predicted octanol–water partition coefficient (Wildman–Crippen LogP) is 0.610. The van der Waals surface area contributed by atoms with Gasteiger partial charge < -0.3 is 0 Å². The first-order valence-electron chi connectivity index (χ1n) is 4.48. The summed E-state index contributed by atoms with van der Waals surface area (Å²) in [4.78, 5) is 0. The third-order valence-electron chi connectivity index (χ3n) is 1.60. The lowest BCUT2D eigenvalue weighted by Crippen LogP contribution is -2.12. The molecule has 0 fully saturated rings. The van der Waals surface area contributed by atoms with E-state index in [2.05, 4.69) is 0 Å². The van der Waals surface area contributed by atoms with Crippen LogP contribution in [-0.2, 0) is 23.9 Å². The minimum absolute atomic E-state index is 0.294. The van der Waals surface area contributed by atoms with Crippen molar-refractivity contribution in [3.8, 4) is 0 Å². The molecule has 0 bridgehead atoms. The molecule has 0 radical (unpaired) electrons. The Labute approximate surface area is 98.8 Å². The lowest BCUT2D eigenvalue weighted by atomic mass is 10.4. The van der Waals surface area contributed by atoms with Crippen LogP contribution in [0.2, 0.25) is 0 Å². The normalized spacial score (nSPS) is 15.0. The summed E-state index contributed by atoms with van der Waals surface area (Å²) in [6.07, 6.45) is 5.17. The molecule has 1 N–H and O–H groups in total. The minimum Gasteiger partial charge on any atom is -0.286 e. The molecule has 0 aliphatic heterocycles. The first-order valence-corrected chi connectivity index (χ1v) is 10.5. The Balaban J connectivity index is 4.02. The van der Waals surface area contributed by atoms with Gasteiger partial charge in [0.05, 0.1) is 12.0 Å². The standard InChI is InChI=1S/C7H18O6S3/c1-14(2,13-15(3,8)9)6-4-5-7-16(10,11)12/h4-7H2,1-3H3,(H,10,11,12). The Morgan fingerprint density at radius 1 is 0.938 bits per heavy atom. The molecule has 0 rings (SSSR count). The molecule has 100 valence electrons. The largest absolute Gasteiger partial charge is 0.286 e. The molecule has 0 saturated heterocycles. The topological polar surface area (TPSA) is 97.7 Å². The van der Waals surface area contributed by atoms with Crippen molar-refractivity contribution in [2.45, 2.75) is 12.8 Å². The molecule has 0 aliphatic carbocycles. The summed E-state index contributed by atoms with van der Waals surface area (Å²) < 4.78 is 56.0. The van der Waals surface area contributed by atoms with E-state index in [4.69, 9.17) is 8.18 Å². The van der Waals surface area contributed by atoms with Crippen LogP contribution in [0.3, 0.4) is 0 Å². The van der Waals surface area contributed by atoms with Crippen molar-refractivity contribution in [1.29, 1.82) is 0 Å². The van der Waals surface area contributed by atoms with Crippen molar-refractivity contribution in [3.63, 3.8) is 0 Å². The average molecular weight is 294 g/mol. The zero-order valence-electron chi connectivity index (χ0n) is 9.54. The van der Waals surface area contributed by atoms with E-state index in [1.54, 1.807) is 12.5 Å². The average Bonchev–Trinajstić information content (AvgIpc) is 1.91. The molecular weight excluding hydrogens is 276 g/mol. The number of hydrogen-bond donors (Lipinski definition) is 1. The first kappa shape index (κ1) is 16.2. The fourth-order valence-electron chi connectivity index (χ4n) is 1.10. The van der Waals surface area contributed by atoms with Gasteiger partial charge in [-0.2, -0.15) is 16.8 Å². The molecule has 9 heteroatoms. The van der Waals surface area contributed by atoms with E-state index in [0.29, 0.717) is 18.6 Å². The second-order valence-corrected chi connectivity index (χ2v) is 10.7. The van der Waals surface area contributed by atoms with Crippen molar-refractivity contribution in [1.82, 2.24) is 0 Å². The predicted molar refractivity (Wildman–Crippen MR) is 65.9 cm³/mol. The zero-order chi connectivity index (χ0) is 13.0. The third-order valence-corrected chi connectivity index (χ3v) is 6.13. The third kappa shape index (κ3) is 10.7. The van der Waals surface area contributed by atoms with Gasteiger partial charge in [-0.05, 0) is 31.1 Å². The van der Waals surface area contributed by atoms with E-state index in [1.165, 1.54) is 0 Å². The molecule has 0 atom stereocenters. The smallest absolute Gasteiger partial charge is 0.273 e. The lowest BCUT2D eigenvalue weighted by Gasteiger charge is -2.28. The molecule has 0 amide bonds. The maximum absolute atomic E-state index is 10.9. The van der Waals surface area contributed by atoms with Crippen LogP contribution in [0.5, 0.6) is 0 Å². The molecule has 0 aromatic rings. The van der Waals surface area contributed by atoms with Crippen molar-refractivity contribution in [2.24, 2.45) is 0 Å². The maximum Gasteiger partial charge on any atom is 0.273 e. The zero-order valence-corrected chi connectivity index (χ0v) is 12.0. The van der Waals surface area contributed by atoms with Gasteiger partial charge in [-0.25, -0.2) is 3.63 Å². The summed E-state index contributed by atoms with van der Waals surface area (Å²) in [5.41, 5.74) is 0. The monoisotopic (exact) mass is 294 g/mol. The van der Waals surface area contributed by atoms with E-state index in [0.717, 1.165) is 6.26 Å². The molecule has 0 aromatic carbocycles. The molecule has 0 unspecified atom stereocenters. The number of rotatable bonds is 7. The summed E-state index contributed by atoms with van der Waals surface area (Å²) in [5, 5.41) is 0. The Morgan fingerprint density at radius 2 is 1.38 bits per heavy atom. The van der Waals surface area contributed by atoms with Crippen LogP contribution in [0.15, 0.2) is 0 Å². The maximum atomic E-state index is 10.9. The Morgan fingerprint density at radius 3 is 1.75 bits per heavy atom. The molecule has 0 aliphatic rings. The van der Waals surface area contributed by atoms with Crippen molar-refractivity contribution < 1.29 is 25.0 Å². The summed E-state index contributed by atoms with van der Waals surface area (Å²) in [5.74, 6) is 0.178. The molecule has 0 aromatic heterocycles. The highest BCUT2D eigenvalue weighted by Crippen LogP contribution is 2.43. The van der Waals surface area contributed by atoms with Gasteiger partial charge in [-0.3, -0.25) is 4.55 Å². The molecular formula is C7H18O6S3. The van der Waals surface area contributed by atoms with Gasteiger partial charge in [0.25, 0.3) is 20.2 Å². The van der Waals surface area contributed by atoms with Gasteiger partial charge in [0.2, 0.25) is 0 Å². The van der Waals surface area contributed by atoms with Gasteiger partial charge in [0, 0.05) is 0 Å². The van der Waals surface area contributed by atoms with Gasteiger partial charge >= 0.3 is 0 Å². The second-order valence-electron chi connectivity index (χ2n) is 3.91. The SMILES string of the molecule is CS(C)(CCCCS(=O)(=O)O)OS(C)(=O)=O. The van der Waals surface area contributed by atoms with E-state index < -0.39 is 30.5 Å². The van der Waals surface area contributed by atoms with Crippen molar-refractivity contribution in [3.05, 3.63) is 0 Å². The Hall–Kier alpha value is 0.170. The fourth-order valence-corrected chi connectivity index (χ4v) is 5.52. The van der Waals surface area contributed by atoms with E-state index in [9.17, 15) is 16.8 Å². The van der Waals surface area contributed by atoms with Gasteiger partial charge in [-0.1, -0.05) is 0 Å². The molecule has 16 heavy (non-hydrogen) atoms. The quantitative estimate of drug-likeness (QED) is 0.546. The lowest BCUT2D eigenvalue weighted by molar-refractivity contribution is 0.480. The summed E-state index contributed by atoms with van der Waals surface area (Å²) in [6.45, 7) is 0. The number of hydrogen-bond acceptors (Lipinski definition) is 5. The minimum atomic E-state index is -3.93. The molecule has 0 heterocycles. The van der Waals surface area contributed by atoms with Crippen LogP contribution in [0.4, 0.5) is 0 Å². The van der Waals surface area contributed by atoms with Gasteiger partial charge in [0.15, 0.2) is 0 Å². The van der Waals surface area contributed by atoms with Gasteiger partial charge in [0.1, 0.15) is 0 Å². The Bertz CT molecular complexity index is 407. The van der Waals surface area contributed by atoms with Crippen LogP contribution in [0.1, 0.15) is 12.8 Å². The van der Waals surface area contributed by atoms with Crippen molar-refractivity contribution >= 4 is 30.5 Å². The highest BCUT2D eigenvalue weighted by atomic mass is 32.3. The highest BCUT2D eigenvalue weighted by Gasteiger charge is 2.18. The van der Waals surface area contributed by atoms with Crippen LogP contribution < -0.4 is 0 Å². The first-order chi connectivity index (χ1) is 6.91. The summed E-state index contributed by atoms with van der Waals surface area (Å²) in [6, 6.07) is 0. The molecule has 0 spiro atoms. The highest BCUT2D eigenvalue weighted by molar-refractivity contribution is 8.31. The summed E-state index contributed by atoms with van der Waals surface area (Å²) >= 11 is 0. The second kappa shape index (κ2) is 5.67. The molecule has 6 nitrogen and oxygen atoms in total. The van der Waals surface area contributed by atoms with Crippen LogP contribution in [0, 0.1) is 0 Å².